The van der Waals surface area contributed by atoms with E-state index in [0.717, 1.165) is 10.1 Å². The number of fused-ring (bicyclic) bond motifs is 2. The van der Waals surface area contributed by atoms with Crippen LogP contribution in [-0.4, -0.2) is 27.9 Å². The maximum atomic E-state index is 13.6. The molecule has 214 valence electrons. The number of nitrogens with zero attached hydrogens (tertiary/aromatic N) is 4. The van der Waals surface area contributed by atoms with Crippen molar-refractivity contribution < 1.29 is 18.8 Å². The molecular weight excluding hydrogens is 595 g/mol. The van der Waals surface area contributed by atoms with Crippen LogP contribution in [0, 0.1) is 10.1 Å². The molecule has 0 bridgehead atoms. The van der Waals surface area contributed by atoms with Crippen LogP contribution in [0.3, 0.4) is 0 Å². The molecule has 0 N–H and O–H groups in total. The first-order valence-electron chi connectivity index (χ1n) is 12.8. The topological polar surface area (TPSA) is 122 Å². The Morgan fingerprint density at radius 2 is 1.81 bits per heavy atom. The van der Waals surface area contributed by atoms with Crippen LogP contribution in [0.1, 0.15) is 11.1 Å². The number of ether oxygens (including phenoxy) is 2. The maximum Gasteiger partial charge on any atom is 0.315 e. The molecule has 43 heavy (non-hydrogen) atoms. The Labute approximate surface area is 253 Å². The number of hydrogen-bond donors (Lipinski definition) is 0. The van der Waals surface area contributed by atoms with Gasteiger partial charge in [-0.1, -0.05) is 59.6 Å². The van der Waals surface area contributed by atoms with Crippen molar-refractivity contribution in [2.75, 3.05) is 7.11 Å². The van der Waals surface area contributed by atoms with Crippen LogP contribution in [0.15, 0.2) is 99.2 Å². The van der Waals surface area contributed by atoms with Crippen molar-refractivity contribution in [2.45, 2.75) is 6.61 Å². The summed E-state index contributed by atoms with van der Waals surface area (Å²) in [4.78, 5) is 29.7. The van der Waals surface area contributed by atoms with Gasteiger partial charge in [0.05, 0.1) is 39.2 Å². The number of nitro groups is 1. The summed E-state index contributed by atoms with van der Waals surface area (Å²) in [6.07, 6.45) is 1.31. The quantitative estimate of drug-likeness (QED) is 0.0988. The SMILES string of the molecule is COc1cc(C=Nn2c(-c3cc4ccccc4o3)nc3ccccc3c2=O)cc([N+](=O)[O-])c1OCc1ccc(Cl)c(Cl)c1. The van der Waals surface area contributed by atoms with E-state index in [4.69, 9.17) is 37.1 Å². The second kappa shape index (κ2) is 11.6. The zero-order valence-corrected chi connectivity index (χ0v) is 23.9. The molecule has 0 amide bonds. The molecule has 0 radical (unpaired) electrons. The minimum absolute atomic E-state index is 0.0272. The van der Waals surface area contributed by atoms with Gasteiger partial charge >= 0.3 is 5.69 Å². The number of benzene rings is 4. The molecule has 6 rings (SSSR count). The molecule has 0 aliphatic heterocycles. The van der Waals surface area contributed by atoms with Crippen molar-refractivity contribution >= 4 is 57.0 Å². The van der Waals surface area contributed by atoms with Crippen molar-refractivity contribution in [3.8, 4) is 23.1 Å². The standard InChI is InChI=1S/C31H20Cl2N4O6/c1-41-27-14-19(13-25(37(39)40)29(27)42-17-18-10-11-22(32)23(33)12-18)16-34-36-30(28-15-20-6-2-5-9-26(20)43-28)35-24-8-4-3-7-21(24)31(36)38/h2-16H,17H2,1H3. The van der Waals surface area contributed by atoms with E-state index in [2.05, 4.69) is 10.1 Å². The van der Waals surface area contributed by atoms with E-state index in [1.54, 1.807) is 48.5 Å². The first-order chi connectivity index (χ1) is 20.8. The fourth-order valence-electron chi connectivity index (χ4n) is 4.51. The highest BCUT2D eigenvalue weighted by Gasteiger charge is 2.23. The number of para-hydroxylation sites is 2. The highest BCUT2D eigenvalue weighted by atomic mass is 35.5. The van der Waals surface area contributed by atoms with Crippen LogP contribution in [0.4, 0.5) is 5.69 Å². The molecule has 6 aromatic rings. The molecule has 0 spiro atoms. The molecule has 0 atom stereocenters. The van der Waals surface area contributed by atoms with Gasteiger partial charge in [-0.3, -0.25) is 14.9 Å². The molecule has 0 unspecified atom stereocenters. The molecule has 0 saturated carbocycles. The predicted octanol–water partition coefficient (Wildman–Crippen LogP) is 7.49. The normalized spacial score (nSPS) is 11.4. The van der Waals surface area contributed by atoms with Gasteiger partial charge in [0.2, 0.25) is 11.6 Å². The zero-order chi connectivity index (χ0) is 30.1. The number of rotatable bonds is 8. The van der Waals surface area contributed by atoms with Gasteiger partial charge in [0.15, 0.2) is 11.5 Å². The molecule has 0 aliphatic carbocycles. The third-order valence-electron chi connectivity index (χ3n) is 6.56. The third kappa shape index (κ3) is 5.53. The largest absolute Gasteiger partial charge is 0.493 e. The molecule has 4 aromatic carbocycles. The average Bonchev–Trinajstić information content (AvgIpc) is 3.45. The number of nitro benzene ring substituents is 1. The first kappa shape index (κ1) is 28.0. The lowest BCUT2D eigenvalue weighted by molar-refractivity contribution is -0.386. The predicted molar refractivity (Wildman–Crippen MR) is 165 cm³/mol. The van der Waals surface area contributed by atoms with Crippen LogP contribution >= 0.6 is 23.2 Å². The highest BCUT2D eigenvalue weighted by molar-refractivity contribution is 6.42. The fourth-order valence-corrected chi connectivity index (χ4v) is 4.83. The smallest absolute Gasteiger partial charge is 0.315 e. The summed E-state index contributed by atoms with van der Waals surface area (Å²) in [6, 6.07) is 23.8. The van der Waals surface area contributed by atoms with Crippen molar-refractivity contribution in [2.24, 2.45) is 5.10 Å². The third-order valence-corrected chi connectivity index (χ3v) is 7.30. The van der Waals surface area contributed by atoms with E-state index >= 15 is 0 Å². The number of methoxy groups -OCH3 is 1. The lowest BCUT2D eigenvalue weighted by atomic mass is 10.1. The van der Waals surface area contributed by atoms with Crippen LogP contribution in [0.5, 0.6) is 11.5 Å². The maximum absolute atomic E-state index is 13.6. The molecule has 12 heteroatoms. The first-order valence-corrected chi connectivity index (χ1v) is 13.6. The summed E-state index contributed by atoms with van der Waals surface area (Å²) >= 11 is 12.1. The minimum Gasteiger partial charge on any atom is -0.493 e. The second-order valence-electron chi connectivity index (χ2n) is 9.33. The van der Waals surface area contributed by atoms with Gasteiger partial charge in [0.25, 0.3) is 5.56 Å². The molecule has 2 heterocycles. The van der Waals surface area contributed by atoms with E-state index in [9.17, 15) is 14.9 Å². The summed E-state index contributed by atoms with van der Waals surface area (Å²) in [6.45, 7) is -0.0272. The summed E-state index contributed by atoms with van der Waals surface area (Å²) < 4.78 is 18.3. The number of hydrogen-bond acceptors (Lipinski definition) is 8. The number of halogens is 2. The van der Waals surface area contributed by atoms with Crippen molar-refractivity contribution in [1.29, 1.82) is 0 Å². The van der Waals surface area contributed by atoms with Crippen molar-refractivity contribution in [1.82, 2.24) is 9.66 Å². The Kier molecular flexibility index (Phi) is 7.54. The average molecular weight is 615 g/mol. The van der Waals surface area contributed by atoms with E-state index in [1.807, 2.05) is 24.3 Å². The van der Waals surface area contributed by atoms with Crippen LogP contribution < -0.4 is 15.0 Å². The molecule has 0 aliphatic rings. The fraction of sp³-hybridized carbons (Fsp3) is 0.0645. The van der Waals surface area contributed by atoms with Crippen molar-refractivity contribution in [3.05, 3.63) is 127 Å². The van der Waals surface area contributed by atoms with Crippen LogP contribution in [0.2, 0.25) is 10.0 Å². The molecule has 10 nitrogen and oxygen atoms in total. The Balaban J connectivity index is 1.42. The Hall–Kier alpha value is -5.19. The van der Waals surface area contributed by atoms with Gasteiger partial charge in [0, 0.05) is 17.0 Å². The summed E-state index contributed by atoms with van der Waals surface area (Å²) in [7, 11) is 1.36. The van der Waals surface area contributed by atoms with E-state index in [1.165, 1.54) is 25.5 Å². The van der Waals surface area contributed by atoms with Gasteiger partial charge in [-0.25, -0.2) is 4.98 Å². The molecule has 0 saturated heterocycles. The summed E-state index contributed by atoms with van der Waals surface area (Å²) in [5.74, 6) is 0.510. The van der Waals surface area contributed by atoms with Crippen molar-refractivity contribution in [3.63, 3.8) is 0 Å². The summed E-state index contributed by atoms with van der Waals surface area (Å²) in [5.41, 5.74) is 1.21. The van der Waals surface area contributed by atoms with Crippen LogP contribution in [0.25, 0.3) is 33.5 Å². The van der Waals surface area contributed by atoms with Gasteiger partial charge in [-0.05, 0) is 48.0 Å². The minimum atomic E-state index is -0.590. The number of aromatic nitrogens is 2. The van der Waals surface area contributed by atoms with E-state index in [-0.39, 0.29) is 35.2 Å². The molecular formula is C31H20Cl2N4O6. The highest BCUT2D eigenvalue weighted by Crippen LogP contribution is 2.39. The summed E-state index contributed by atoms with van der Waals surface area (Å²) in [5, 5.41) is 18.3. The Morgan fingerprint density at radius 1 is 1.02 bits per heavy atom. The van der Waals surface area contributed by atoms with Gasteiger partial charge in [0.1, 0.15) is 12.2 Å². The lowest BCUT2D eigenvalue weighted by Gasteiger charge is -2.12. The lowest BCUT2D eigenvalue weighted by Crippen LogP contribution is -2.20. The van der Waals surface area contributed by atoms with E-state index < -0.39 is 10.5 Å². The zero-order valence-electron chi connectivity index (χ0n) is 22.4. The van der Waals surface area contributed by atoms with Gasteiger partial charge in [-0.15, -0.1) is 0 Å². The second-order valence-corrected chi connectivity index (χ2v) is 10.1. The Morgan fingerprint density at radius 3 is 2.58 bits per heavy atom. The van der Waals surface area contributed by atoms with Crippen LogP contribution in [-0.2, 0) is 6.61 Å². The van der Waals surface area contributed by atoms with Gasteiger partial charge in [-0.2, -0.15) is 9.78 Å². The Bertz CT molecular complexity index is 2090. The molecule has 0 fully saturated rings. The number of furan rings is 1. The van der Waals surface area contributed by atoms with E-state index in [0.29, 0.717) is 37.9 Å². The monoisotopic (exact) mass is 614 g/mol. The molecule has 2 aromatic heterocycles. The van der Waals surface area contributed by atoms with Gasteiger partial charge < -0.3 is 13.9 Å².